The van der Waals surface area contributed by atoms with E-state index in [0.717, 1.165) is 28.2 Å². The number of hydrogen-bond donors (Lipinski definition) is 1. The van der Waals surface area contributed by atoms with Crippen LogP contribution in [0.15, 0.2) is 53.6 Å². The molecule has 0 aliphatic heterocycles. The molecule has 1 heterocycles. The Morgan fingerprint density at radius 2 is 1.78 bits per heavy atom. The van der Waals surface area contributed by atoms with Gasteiger partial charge in [-0.25, -0.2) is 8.42 Å². The number of carbonyl (C=O) groups excluding carboxylic acids is 1. The van der Waals surface area contributed by atoms with Gasteiger partial charge in [-0.1, -0.05) is 29.3 Å². The third-order valence-corrected chi connectivity index (χ3v) is 6.76. The van der Waals surface area contributed by atoms with Crippen molar-refractivity contribution in [1.29, 1.82) is 0 Å². The molecule has 0 bridgehead atoms. The standard InChI is InChI=1S/C20H18ClF3N4O3S/c1-12-4-7-14(8-5-12)32(30,31)28(3)19-15(11-25-27(19)2)18(29)26-17-10-13(20(22,23)24)6-9-16(17)21/h4-11H,1-3H3,(H,26,29). The number of sulfonamides is 1. The van der Waals surface area contributed by atoms with E-state index in [-0.39, 0.29) is 27.0 Å². The number of amides is 1. The fourth-order valence-electron chi connectivity index (χ4n) is 2.93. The second kappa shape index (κ2) is 8.47. The van der Waals surface area contributed by atoms with Crippen molar-refractivity contribution in [3.8, 4) is 0 Å². The number of benzene rings is 2. The van der Waals surface area contributed by atoms with Crippen molar-refractivity contribution in [1.82, 2.24) is 9.78 Å². The monoisotopic (exact) mass is 486 g/mol. The van der Waals surface area contributed by atoms with E-state index in [1.165, 1.54) is 30.9 Å². The highest BCUT2D eigenvalue weighted by Gasteiger charge is 2.32. The molecule has 0 atom stereocenters. The summed E-state index contributed by atoms with van der Waals surface area (Å²) in [6.07, 6.45) is -3.51. The summed E-state index contributed by atoms with van der Waals surface area (Å²) in [6, 6.07) is 8.62. The third kappa shape index (κ3) is 4.58. The van der Waals surface area contributed by atoms with E-state index in [1.807, 2.05) is 6.92 Å². The second-order valence-corrected chi connectivity index (χ2v) is 9.31. The third-order valence-electron chi connectivity index (χ3n) is 4.67. The molecule has 2 aromatic carbocycles. The number of nitrogens with one attached hydrogen (secondary N) is 1. The number of anilines is 2. The molecule has 3 rings (SSSR count). The van der Waals surface area contributed by atoms with Crippen LogP contribution in [-0.4, -0.2) is 31.2 Å². The summed E-state index contributed by atoms with van der Waals surface area (Å²) in [5.74, 6) is -0.952. The van der Waals surface area contributed by atoms with Gasteiger partial charge < -0.3 is 5.32 Å². The Balaban J connectivity index is 1.97. The first kappa shape index (κ1) is 23.6. The number of hydrogen-bond acceptors (Lipinski definition) is 4. The first-order valence-electron chi connectivity index (χ1n) is 9.08. The highest BCUT2D eigenvalue weighted by atomic mass is 35.5. The maximum atomic E-state index is 13.0. The van der Waals surface area contributed by atoms with Crippen LogP contribution in [0.4, 0.5) is 24.7 Å². The summed E-state index contributed by atoms with van der Waals surface area (Å²) in [7, 11) is -1.36. The van der Waals surface area contributed by atoms with Crippen molar-refractivity contribution in [3.63, 3.8) is 0 Å². The lowest BCUT2D eigenvalue weighted by atomic mass is 10.2. The van der Waals surface area contributed by atoms with Crippen LogP contribution in [0.5, 0.6) is 0 Å². The van der Waals surface area contributed by atoms with Crippen LogP contribution in [0.25, 0.3) is 0 Å². The van der Waals surface area contributed by atoms with Crippen LogP contribution < -0.4 is 9.62 Å². The summed E-state index contributed by atoms with van der Waals surface area (Å²) in [6.45, 7) is 1.81. The first-order valence-corrected chi connectivity index (χ1v) is 10.9. The van der Waals surface area contributed by atoms with Crippen LogP contribution in [-0.2, 0) is 23.2 Å². The van der Waals surface area contributed by atoms with Gasteiger partial charge in [-0.3, -0.25) is 13.8 Å². The lowest BCUT2D eigenvalue weighted by molar-refractivity contribution is -0.137. The number of aryl methyl sites for hydroxylation is 2. The highest BCUT2D eigenvalue weighted by Crippen LogP contribution is 2.34. The minimum Gasteiger partial charge on any atom is -0.320 e. The lowest BCUT2D eigenvalue weighted by Gasteiger charge is -2.21. The zero-order valence-corrected chi connectivity index (χ0v) is 18.7. The van der Waals surface area contributed by atoms with E-state index in [4.69, 9.17) is 11.6 Å². The largest absolute Gasteiger partial charge is 0.416 e. The Kier molecular flexibility index (Phi) is 6.25. The fraction of sp³-hybridized carbons (Fsp3) is 0.200. The van der Waals surface area contributed by atoms with Gasteiger partial charge in [-0.15, -0.1) is 0 Å². The van der Waals surface area contributed by atoms with Gasteiger partial charge in [0.1, 0.15) is 5.56 Å². The van der Waals surface area contributed by atoms with Gasteiger partial charge in [-0.05, 0) is 37.3 Å². The van der Waals surface area contributed by atoms with Crippen LogP contribution in [0, 0.1) is 6.92 Å². The van der Waals surface area contributed by atoms with Crippen molar-refractivity contribution in [2.75, 3.05) is 16.7 Å². The quantitative estimate of drug-likeness (QED) is 0.576. The molecule has 0 saturated carbocycles. The molecule has 0 spiro atoms. The van der Waals surface area contributed by atoms with Gasteiger partial charge in [0.15, 0.2) is 5.82 Å². The molecule has 1 N–H and O–H groups in total. The lowest BCUT2D eigenvalue weighted by Crippen LogP contribution is -2.30. The summed E-state index contributed by atoms with van der Waals surface area (Å²) < 4.78 is 67.2. The molecule has 0 saturated heterocycles. The normalized spacial score (nSPS) is 12.0. The number of rotatable bonds is 5. The van der Waals surface area contributed by atoms with Crippen molar-refractivity contribution in [3.05, 3.63) is 70.4 Å². The molecule has 170 valence electrons. The predicted octanol–water partition coefficient (Wildman–Crippen LogP) is 4.48. The maximum absolute atomic E-state index is 13.0. The van der Waals surface area contributed by atoms with Gasteiger partial charge in [0.2, 0.25) is 0 Å². The molecule has 0 fully saturated rings. The Hall–Kier alpha value is -3.05. The molecule has 0 aliphatic rings. The fourth-order valence-corrected chi connectivity index (χ4v) is 4.34. The van der Waals surface area contributed by atoms with Gasteiger partial charge >= 0.3 is 6.18 Å². The molecule has 32 heavy (non-hydrogen) atoms. The van der Waals surface area contributed by atoms with E-state index in [9.17, 15) is 26.4 Å². The molecule has 0 aliphatic carbocycles. The van der Waals surface area contributed by atoms with Gasteiger partial charge in [-0.2, -0.15) is 18.3 Å². The number of aromatic nitrogens is 2. The number of carbonyl (C=O) groups is 1. The average Bonchev–Trinajstić information content (AvgIpc) is 3.09. The summed E-state index contributed by atoms with van der Waals surface area (Å²) in [4.78, 5) is 12.8. The summed E-state index contributed by atoms with van der Waals surface area (Å²) in [5, 5.41) is 6.12. The molecule has 1 aromatic heterocycles. The Morgan fingerprint density at radius 3 is 2.38 bits per heavy atom. The predicted molar refractivity (Wildman–Crippen MR) is 114 cm³/mol. The van der Waals surface area contributed by atoms with Crippen molar-refractivity contribution < 1.29 is 26.4 Å². The molecular formula is C20H18ClF3N4O3S. The molecule has 1 amide bonds. The SMILES string of the molecule is Cc1ccc(S(=O)(=O)N(C)c2c(C(=O)Nc3cc(C(F)(F)F)ccc3Cl)cnn2C)cc1. The van der Waals surface area contributed by atoms with Gasteiger partial charge in [0.05, 0.1) is 27.4 Å². The first-order chi connectivity index (χ1) is 14.8. The Morgan fingerprint density at radius 1 is 1.16 bits per heavy atom. The summed E-state index contributed by atoms with van der Waals surface area (Å²) >= 11 is 5.94. The van der Waals surface area contributed by atoms with E-state index in [2.05, 4.69) is 10.4 Å². The molecule has 3 aromatic rings. The van der Waals surface area contributed by atoms with E-state index >= 15 is 0 Å². The topological polar surface area (TPSA) is 84.3 Å². The van der Waals surface area contributed by atoms with Crippen molar-refractivity contribution in [2.24, 2.45) is 7.05 Å². The van der Waals surface area contributed by atoms with Crippen molar-refractivity contribution in [2.45, 2.75) is 18.0 Å². The second-order valence-electron chi connectivity index (χ2n) is 6.94. The van der Waals surface area contributed by atoms with Crippen LogP contribution in [0.2, 0.25) is 5.02 Å². The van der Waals surface area contributed by atoms with Crippen molar-refractivity contribution >= 4 is 39.0 Å². The van der Waals surface area contributed by atoms with Crippen LogP contribution in [0.3, 0.4) is 0 Å². The van der Waals surface area contributed by atoms with Crippen LogP contribution >= 0.6 is 11.6 Å². The maximum Gasteiger partial charge on any atom is 0.416 e. The van der Waals surface area contributed by atoms with Gasteiger partial charge in [0, 0.05) is 14.1 Å². The molecule has 0 radical (unpaired) electrons. The van der Waals surface area contributed by atoms with E-state index in [1.54, 1.807) is 12.1 Å². The number of nitrogens with zero attached hydrogens (tertiary/aromatic N) is 3. The van der Waals surface area contributed by atoms with E-state index in [0.29, 0.717) is 6.07 Å². The highest BCUT2D eigenvalue weighted by molar-refractivity contribution is 7.92. The zero-order valence-electron chi connectivity index (χ0n) is 17.1. The van der Waals surface area contributed by atoms with Crippen LogP contribution in [0.1, 0.15) is 21.5 Å². The smallest absolute Gasteiger partial charge is 0.320 e. The number of halogens is 4. The zero-order chi connectivity index (χ0) is 23.8. The number of alkyl halides is 3. The van der Waals surface area contributed by atoms with E-state index < -0.39 is 27.7 Å². The molecule has 12 heteroatoms. The Bertz CT molecular complexity index is 1270. The minimum absolute atomic E-state index is 0.000851. The average molecular weight is 487 g/mol. The summed E-state index contributed by atoms with van der Waals surface area (Å²) in [5.41, 5.74) is -0.572. The molecule has 7 nitrogen and oxygen atoms in total. The molecule has 0 unspecified atom stereocenters. The van der Waals surface area contributed by atoms with Gasteiger partial charge in [0.25, 0.3) is 15.9 Å². The molecular weight excluding hydrogens is 469 g/mol. The Labute approximate surface area is 187 Å². The minimum atomic E-state index is -4.63.